The number of hydrogen-bond donors (Lipinski definition) is 1. The van der Waals surface area contributed by atoms with E-state index in [2.05, 4.69) is 16.9 Å². The van der Waals surface area contributed by atoms with Crippen molar-refractivity contribution >= 4 is 11.6 Å². The smallest absolute Gasteiger partial charge is 0.250 e. The molecule has 2 rings (SSSR count). The quantitative estimate of drug-likeness (QED) is 0.822. The number of hydrogen-bond acceptors (Lipinski definition) is 3. The standard InChI is InChI=1S/C13H12N2O2/c1-9(2)13(16)15-11-5-3-10(4-6-11)12-7-14-8-17-12/h3-8H,1H2,2H3,(H,15,16). The Hall–Kier alpha value is -2.36. The van der Waals surface area contributed by atoms with Gasteiger partial charge in [0.05, 0.1) is 6.20 Å². The average molecular weight is 228 g/mol. The van der Waals surface area contributed by atoms with Crippen molar-refractivity contribution in [1.82, 2.24) is 4.98 Å². The van der Waals surface area contributed by atoms with Crippen LogP contribution in [0.15, 0.2) is 53.4 Å². The number of anilines is 1. The minimum absolute atomic E-state index is 0.183. The highest BCUT2D eigenvalue weighted by atomic mass is 16.3. The van der Waals surface area contributed by atoms with Gasteiger partial charge in [0.1, 0.15) is 0 Å². The molecule has 86 valence electrons. The van der Waals surface area contributed by atoms with Crippen LogP contribution in [-0.4, -0.2) is 10.9 Å². The van der Waals surface area contributed by atoms with E-state index in [1.807, 2.05) is 12.1 Å². The lowest BCUT2D eigenvalue weighted by atomic mass is 10.1. The summed E-state index contributed by atoms with van der Waals surface area (Å²) in [5, 5.41) is 2.73. The molecule has 1 aromatic carbocycles. The van der Waals surface area contributed by atoms with Crippen LogP contribution in [0.3, 0.4) is 0 Å². The molecule has 0 aliphatic heterocycles. The van der Waals surface area contributed by atoms with Gasteiger partial charge in [-0.3, -0.25) is 4.79 Å². The first-order valence-electron chi connectivity index (χ1n) is 5.12. The number of carbonyl (C=O) groups is 1. The molecule has 0 aliphatic carbocycles. The van der Waals surface area contributed by atoms with E-state index in [1.54, 1.807) is 25.3 Å². The van der Waals surface area contributed by atoms with Crippen molar-refractivity contribution in [3.05, 3.63) is 49.0 Å². The third-order valence-corrected chi connectivity index (χ3v) is 2.25. The first kappa shape index (κ1) is 11.1. The van der Waals surface area contributed by atoms with Gasteiger partial charge in [0.15, 0.2) is 12.2 Å². The summed E-state index contributed by atoms with van der Waals surface area (Å²) < 4.78 is 5.17. The second-order valence-corrected chi connectivity index (χ2v) is 3.68. The molecule has 0 fully saturated rings. The van der Waals surface area contributed by atoms with Gasteiger partial charge in [-0.1, -0.05) is 6.58 Å². The zero-order chi connectivity index (χ0) is 12.3. The summed E-state index contributed by atoms with van der Waals surface area (Å²) in [6.07, 6.45) is 3.02. The molecule has 17 heavy (non-hydrogen) atoms. The highest BCUT2D eigenvalue weighted by Crippen LogP contribution is 2.20. The maximum Gasteiger partial charge on any atom is 0.250 e. The molecule has 1 amide bonds. The fourth-order valence-electron chi connectivity index (χ4n) is 1.31. The van der Waals surface area contributed by atoms with Crippen molar-refractivity contribution < 1.29 is 9.21 Å². The maximum atomic E-state index is 11.4. The molecule has 0 saturated carbocycles. The number of amides is 1. The zero-order valence-corrected chi connectivity index (χ0v) is 9.43. The Bertz CT molecular complexity index is 527. The van der Waals surface area contributed by atoms with Crippen LogP contribution in [0.1, 0.15) is 6.92 Å². The van der Waals surface area contributed by atoms with Crippen molar-refractivity contribution in [3.63, 3.8) is 0 Å². The summed E-state index contributed by atoms with van der Waals surface area (Å²) in [6.45, 7) is 5.24. The molecular formula is C13H12N2O2. The summed E-state index contributed by atoms with van der Waals surface area (Å²) in [7, 11) is 0. The van der Waals surface area contributed by atoms with E-state index in [-0.39, 0.29) is 5.91 Å². The molecule has 1 aromatic heterocycles. The van der Waals surface area contributed by atoms with Crippen LogP contribution in [0.4, 0.5) is 5.69 Å². The lowest BCUT2D eigenvalue weighted by molar-refractivity contribution is -0.112. The Balaban J connectivity index is 2.14. The van der Waals surface area contributed by atoms with Crippen LogP contribution in [-0.2, 0) is 4.79 Å². The van der Waals surface area contributed by atoms with E-state index in [4.69, 9.17) is 4.42 Å². The van der Waals surface area contributed by atoms with Gasteiger partial charge in [0, 0.05) is 16.8 Å². The Morgan fingerprint density at radius 3 is 2.59 bits per heavy atom. The van der Waals surface area contributed by atoms with Gasteiger partial charge in [0.25, 0.3) is 5.91 Å². The van der Waals surface area contributed by atoms with Gasteiger partial charge in [-0.2, -0.15) is 0 Å². The van der Waals surface area contributed by atoms with E-state index in [0.717, 1.165) is 11.3 Å². The average Bonchev–Trinajstić information content (AvgIpc) is 2.83. The highest BCUT2D eigenvalue weighted by Gasteiger charge is 2.04. The summed E-state index contributed by atoms with van der Waals surface area (Å²) in [4.78, 5) is 15.2. The lowest BCUT2D eigenvalue weighted by Gasteiger charge is -2.04. The zero-order valence-electron chi connectivity index (χ0n) is 9.43. The minimum atomic E-state index is -0.183. The molecule has 1 N–H and O–H groups in total. The molecule has 0 radical (unpaired) electrons. The maximum absolute atomic E-state index is 11.4. The van der Waals surface area contributed by atoms with Gasteiger partial charge in [-0.25, -0.2) is 4.98 Å². The van der Waals surface area contributed by atoms with E-state index in [0.29, 0.717) is 11.3 Å². The van der Waals surface area contributed by atoms with Crippen molar-refractivity contribution in [2.45, 2.75) is 6.92 Å². The van der Waals surface area contributed by atoms with Crippen LogP contribution < -0.4 is 5.32 Å². The summed E-state index contributed by atoms with van der Waals surface area (Å²) in [5.41, 5.74) is 2.11. The number of benzene rings is 1. The number of rotatable bonds is 3. The molecule has 0 atom stereocenters. The van der Waals surface area contributed by atoms with E-state index < -0.39 is 0 Å². The van der Waals surface area contributed by atoms with Gasteiger partial charge in [-0.05, 0) is 31.2 Å². The molecule has 1 heterocycles. The Kier molecular flexibility index (Phi) is 3.05. The van der Waals surface area contributed by atoms with Crippen LogP contribution in [0.5, 0.6) is 0 Å². The summed E-state index contributed by atoms with van der Waals surface area (Å²) >= 11 is 0. The van der Waals surface area contributed by atoms with Crippen molar-refractivity contribution in [1.29, 1.82) is 0 Å². The van der Waals surface area contributed by atoms with Crippen LogP contribution in [0, 0.1) is 0 Å². The SMILES string of the molecule is C=C(C)C(=O)Nc1ccc(-c2cnco2)cc1. The van der Waals surface area contributed by atoms with E-state index in [9.17, 15) is 4.79 Å². The fourth-order valence-corrected chi connectivity index (χ4v) is 1.31. The normalized spacial score (nSPS) is 9.94. The predicted molar refractivity (Wildman–Crippen MR) is 65.4 cm³/mol. The van der Waals surface area contributed by atoms with Gasteiger partial charge >= 0.3 is 0 Å². The first-order chi connectivity index (χ1) is 8.16. The molecular weight excluding hydrogens is 216 g/mol. The lowest BCUT2D eigenvalue weighted by Crippen LogP contribution is -2.11. The van der Waals surface area contributed by atoms with E-state index >= 15 is 0 Å². The Labute approximate surface area is 99.0 Å². The van der Waals surface area contributed by atoms with Crippen LogP contribution in [0.25, 0.3) is 11.3 Å². The molecule has 4 nitrogen and oxygen atoms in total. The number of nitrogens with one attached hydrogen (secondary N) is 1. The fraction of sp³-hybridized carbons (Fsp3) is 0.0769. The summed E-state index contributed by atoms with van der Waals surface area (Å²) in [5.74, 6) is 0.514. The van der Waals surface area contributed by atoms with Gasteiger partial charge < -0.3 is 9.73 Å². The van der Waals surface area contributed by atoms with Crippen molar-refractivity contribution in [3.8, 4) is 11.3 Å². The molecule has 0 bridgehead atoms. The van der Waals surface area contributed by atoms with Gasteiger partial charge in [0.2, 0.25) is 0 Å². The predicted octanol–water partition coefficient (Wildman–Crippen LogP) is 2.86. The topological polar surface area (TPSA) is 55.1 Å². The molecule has 0 aliphatic rings. The highest BCUT2D eigenvalue weighted by molar-refractivity contribution is 6.02. The summed E-state index contributed by atoms with van der Waals surface area (Å²) in [6, 6.07) is 7.32. The Morgan fingerprint density at radius 2 is 2.06 bits per heavy atom. The molecule has 0 saturated heterocycles. The number of nitrogens with zero attached hydrogens (tertiary/aromatic N) is 1. The van der Waals surface area contributed by atoms with Crippen molar-refractivity contribution in [2.75, 3.05) is 5.32 Å². The van der Waals surface area contributed by atoms with Gasteiger partial charge in [-0.15, -0.1) is 0 Å². The third kappa shape index (κ3) is 2.60. The van der Waals surface area contributed by atoms with Crippen molar-refractivity contribution in [2.24, 2.45) is 0 Å². The van der Waals surface area contributed by atoms with Crippen LogP contribution in [0.2, 0.25) is 0 Å². The largest absolute Gasteiger partial charge is 0.444 e. The minimum Gasteiger partial charge on any atom is -0.444 e. The molecule has 4 heteroatoms. The first-order valence-corrected chi connectivity index (χ1v) is 5.12. The Morgan fingerprint density at radius 1 is 1.35 bits per heavy atom. The number of oxazole rings is 1. The second kappa shape index (κ2) is 4.65. The monoisotopic (exact) mass is 228 g/mol. The van der Waals surface area contributed by atoms with E-state index in [1.165, 1.54) is 6.39 Å². The van der Waals surface area contributed by atoms with Crippen LogP contribution >= 0.6 is 0 Å². The number of aromatic nitrogens is 1. The molecule has 2 aromatic rings. The molecule has 0 unspecified atom stereocenters. The number of carbonyl (C=O) groups excluding carboxylic acids is 1. The second-order valence-electron chi connectivity index (χ2n) is 3.68. The molecule has 0 spiro atoms. The third-order valence-electron chi connectivity index (χ3n) is 2.25.